The summed E-state index contributed by atoms with van der Waals surface area (Å²) in [6.45, 7) is 0. The Morgan fingerprint density at radius 2 is 1.90 bits per heavy atom. The normalized spacial score (nSPS) is 10.2. The minimum absolute atomic E-state index is 0.584. The number of hydrogen-bond acceptors (Lipinski definition) is 3. The van der Waals surface area contributed by atoms with Crippen LogP contribution in [0.4, 0.5) is 0 Å². The van der Waals surface area contributed by atoms with Gasteiger partial charge in [-0.3, -0.25) is 4.98 Å². The van der Waals surface area contributed by atoms with E-state index in [1.165, 1.54) is 0 Å². The van der Waals surface area contributed by atoms with Crippen LogP contribution >= 0.6 is 15.9 Å². The second kappa shape index (κ2) is 5.32. The number of nitrogens with zero attached hydrogens (tertiary/aromatic N) is 2. The standard InChI is InChI=1S/C16H9BrN2O/c17-13-9-11(10-18)6-7-14(13)20-15-5-1-3-12-4-2-8-19-16(12)15/h1-9H. The Labute approximate surface area is 124 Å². The maximum absolute atomic E-state index is 8.86. The van der Waals surface area contributed by atoms with Crippen LogP contribution < -0.4 is 4.74 Å². The third-order valence-corrected chi connectivity index (χ3v) is 3.50. The van der Waals surface area contributed by atoms with Crippen molar-refractivity contribution >= 4 is 26.8 Å². The molecule has 3 aromatic rings. The van der Waals surface area contributed by atoms with Gasteiger partial charge in [-0.1, -0.05) is 18.2 Å². The zero-order valence-corrected chi connectivity index (χ0v) is 12.0. The van der Waals surface area contributed by atoms with Gasteiger partial charge in [0.25, 0.3) is 0 Å². The van der Waals surface area contributed by atoms with E-state index in [4.69, 9.17) is 10.00 Å². The van der Waals surface area contributed by atoms with Crippen LogP contribution in [-0.4, -0.2) is 4.98 Å². The molecule has 4 heteroatoms. The van der Waals surface area contributed by atoms with Gasteiger partial charge in [-0.05, 0) is 46.3 Å². The molecule has 2 aromatic carbocycles. The quantitative estimate of drug-likeness (QED) is 0.688. The molecule has 0 spiro atoms. The molecule has 3 rings (SSSR count). The first kappa shape index (κ1) is 12.6. The zero-order chi connectivity index (χ0) is 13.9. The van der Waals surface area contributed by atoms with Crippen LogP contribution in [0.2, 0.25) is 0 Å². The molecule has 0 radical (unpaired) electrons. The van der Waals surface area contributed by atoms with Gasteiger partial charge in [-0.15, -0.1) is 0 Å². The van der Waals surface area contributed by atoms with E-state index in [-0.39, 0.29) is 0 Å². The number of nitriles is 1. The minimum Gasteiger partial charge on any atom is -0.454 e. The van der Waals surface area contributed by atoms with Gasteiger partial charge in [0.2, 0.25) is 0 Å². The Bertz CT molecular complexity index is 819. The van der Waals surface area contributed by atoms with Crippen molar-refractivity contribution in [3.8, 4) is 17.6 Å². The van der Waals surface area contributed by atoms with E-state index >= 15 is 0 Å². The van der Waals surface area contributed by atoms with Crippen molar-refractivity contribution in [1.29, 1.82) is 5.26 Å². The van der Waals surface area contributed by atoms with E-state index in [2.05, 4.69) is 27.0 Å². The number of pyridine rings is 1. The number of halogens is 1. The lowest BCUT2D eigenvalue weighted by molar-refractivity contribution is 0.484. The number of ether oxygens (including phenoxy) is 1. The number of fused-ring (bicyclic) bond motifs is 1. The summed E-state index contributed by atoms with van der Waals surface area (Å²) in [6, 6.07) is 17.0. The molecule has 0 atom stereocenters. The van der Waals surface area contributed by atoms with Crippen molar-refractivity contribution in [1.82, 2.24) is 4.98 Å². The van der Waals surface area contributed by atoms with E-state index in [0.29, 0.717) is 17.1 Å². The average molecular weight is 325 g/mol. The maximum atomic E-state index is 8.86. The largest absolute Gasteiger partial charge is 0.454 e. The van der Waals surface area contributed by atoms with Crippen molar-refractivity contribution in [2.24, 2.45) is 0 Å². The highest BCUT2D eigenvalue weighted by molar-refractivity contribution is 9.10. The van der Waals surface area contributed by atoms with Crippen LogP contribution in [0.1, 0.15) is 5.56 Å². The summed E-state index contributed by atoms with van der Waals surface area (Å²) >= 11 is 3.41. The van der Waals surface area contributed by atoms with Crippen molar-refractivity contribution in [2.75, 3.05) is 0 Å². The summed E-state index contributed by atoms with van der Waals surface area (Å²) in [5.41, 5.74) is 1.39. The first-order valence-corrected chi connectivity index (χ1v) is 6.78. The molecular formula is C16H9BrN2O. The second-order valence-electron chi connectivity index (χ2n) is 4.19. The van der Waals surface area contributed by atoms with Gasteiger partial charge in [-0.25, -0.2) is 0 Å². The summed E-state index contributed by atoms with van der Waals surface area (Å²) in [4.78, 5) is 4.35. The monoisotopic (exact) mass is 324 g/mol. The van der Waals surface area contributed by atoms with Crippen molar-refractivity contribution < 1.29 is 4.74 Å². The molecule has 96 valence electrons. The molecule has 0 N–H and O–H groups in total. The summed E-state index contributed by atoms with van der Waals surface area (Å²) in [5.74, 6) is 1.34. The summed E-state index contributed by atoms with van der Waals surface area (Å²) in [7, 11) is 0. The van der Waals surface area contributed by atoms with E-state index in [9.17, 15) is 0 Å². The van der Waals surface area contributed by atoms with Crippen molar-refractivity contribution in [3.05, 3.63) is 64.8 Å². The Morgan fingerprint density at radius 3 is 2.70 bits per heavy atom. The molecule has 0 fully saturated rings. The number of aromatic nitrogens is 1. The number of hydrogen-bond donors (Lipinski definition) is 0. The second-order valence-corrected chi connectivity index (χ2v) is 5.04. The van der Waals surface area contributed by atoms with E-state index in [0.717, 1.165) is 15.4 Å². The number of benzene rings is 2. The zero-order valence-electron chi connectivity index (χ0n) is 10.4. The summed E-state index contributed by atoms with van der Waals surface area (Å²) in [5, 5.41) is 9.89. The molecule has 0 aliphatic rings. The Morgan fingerprint density at radius 1 is 1.05 bits per heavy atom. The molecule has 0 aliphatic heterocycles. The van der Waals surface area contributed by atoms with E-state index in [1.54, 1.807) is 24.4 Å². The fourth-order valence-corrected chi connectivity index (χ4v) is 2.39. The predicted octanol–water partition coefficient (Wildman–Crippen LogP) is 4.66. The molecule has 0 aliphatic carbocycles. The fraction of sp³-hybridized carbons (Fsp3) is 0. The van der Waals surface area contributed by atoms with Crippen LogP contribution in [0, 0.1) is 11.3 Å². The van der Waals surface area contributed by atoms with Gasteiger partial charge in [0.15, 0.2) is 5.75 Å². The first-order chi connectivity index (χ1) is 9.78. The van der Waals surface area contributed by atoms with Crippen LogP contribution in [0.25, 0.3) is 10.9 Å². The first-order valence-electron chi connectivity index (χ1n) is 5.99. The van der Waals surface area contributed by atoms with Crippen LogP contribution in [0.3, 0.4) is 0 Å². The lowest BCUT2D eigenvalue weighted by Crippen LogP contribution is -1.89. The molecule has 0 saturated carbocycles. The molecule has 20 heavy (non-hydrogen) atoms. The highest BCUT2D eigenvalue weighted by Gasteiger charge is 2.07. The molecule has 3 nitrogen and oxygen atoms in total. The lowest BCUT2D eigenvalue weighted by atomic mass is 10.2. The van der Waals surface area contributed by atoms with Gasteiger partial charge in [0.05, 0.1) is 16.1 Å². The highest BCUT2D eigenvalue weighted by Crippen LogP contribution is 2.33. The average Bonchev–Trinajstić information content (AvgIpc) is 2.49. The number of rotatable bonds is 2. The van der Waals surface area contributed by atoms with Gasteiger partial charge in [0.1, 0.15) is 11.3 Å². The number of para-hydroxylation sites is 1. The van der Waals surface area contributed by atoms with Crippen LogP contribution in [0.5, 0.6) is 11.5 Å². The van der Waals surface area contributed by atoms with Crippen LogP contribution in [0.15, 0.2) is 59.2 Å². The topological polar surface area (TPSA) is 45.9 Å². The summed E-state index contributed by atoms with van der Waals surface area (Å²) in [6.07, 6.45) is 1.74. The molecule has 1 heterocycles. The van der Waals surface area contributed by atoms with E-state index < -0.39 is 0 Å². The highest BCUT2D eigenvalue weighted by atomic mass is 79.9. The third kappa shape index (κ3) is 2.36. The predicted molar refractivity (Wildman–Crippen MR) is 80.7 cm³/mol. The Balaban J connectivity index is 2.04. The van der Waals surface area contributed by atoms with Gasteiger partial charge >= 0.3 is 0 Å². The smallest absolute Gasteiger partial charge is 0.153 e. The van der Waals surface area contributed by atoms with Crippen LogP contribution in [-0.2, 0) is 0 Å². The van der Waals surface area contributed by atoms with E-state index in [1.807, 2.05) is 30.3 Å². The van der Waals surface area contributed by atoms with Gasteiger partial charge in [0, 0.05) is 11.6 Å². The Kier molecular flexibility index (Phi) is 3.36. The molecule has 0 bridgehead atoms. The van der Waals surface area contributed by atoms with Crippen molar-refractivity contribution in [3.63, 3.8) is 0 Å². The SMILES string of the molecule is N#Cc1ccc(Oc2cccc3cccnc23)c(Br)c1. The summed E-state index contributed by atoms with van der Waals surface area (Å²) < 4.78 is 6.64. The molecular weight excluding hydrogens is 316 g/mol. The fourth-order valence-electron chi connectivity index (χ4n) is 1.93. The molecule has 0 unspecified atom stereocenters. The minimum atomic E-state index is 0.584. The third-order valence-electron chi connectivity index (χ3n) is 2.88. The molecule has 1 aromatic heterocycles. The van der Waals surface area contributed by atoms with Gasteiger partial charge < -0.3 is 4.74 Å². The molecule has 0 saturated heterocycles. The van der Waals surface area contributed by atoms with Gasteiger partial charge in [-0.2, -0.15) is 5.26 Å². The maximum Gasteiger partial charge on any atom is 0.153 e. The van der Waals surface area contributed by atoms with Crippen molar-refractivity contribution in [2.45, 2.75) is 0 Å². The molecule has 0 amide bonds. The lowest BCUT2D eigenvalue weighted by Gasteiger charge is -2.09. The Hall–Kier alpha value is -2.38.